The quantitative estimate of drug-likeness (QED) is 0.775. The molecule has 0 aliphatic carbocycles. The van der Waals surface area contributed by atoms with Crippen molar-refractivity contribution in [2.45, 2.75) is 13.8 Å². The molecule has 1 aromatic rings. The number of carboxylic acid groups (broad SMARTS) is 1. The Morgan fingerprint density at radius 2 is 2.17 bits per heavy atom. The molecule has 1 aromatic heterocycles. The molecule has 0 aromatic carbocycles. The van der Waals surface area contributed by atoms with Gasteiger partial charge in [-0.05, 0) is 23.6 Å². The zero-order valence-corrected chi connectivity index (χ0v) is 10.4. The highest BCUT2D eigenvalue weighted by atomic mass is 16.4. The number of carbonyl (C=O) groups is 2. The molecule has 0 unspecified atom stereocenters. The Morgan fingerprint density at radius 1 is 1.44 bits per heavy atom. The van der Waals surface area contributed by atoms with E-state index in [-0.39, 0.29) is 5.91 Å². The number of hydrogen-bond donors (Lipinski definition) is 2. The Labute approximate surface area is 106 Å². The number of aliphatic carboxylic acids is 1. The Bertz CT molecular complexity index is 467. The number of carbonyl (C=O) groups excluding carboxylic acids is 1. The van der Waals surface area contributed by atoms with Crippen molar-refractivity contribution in [2.75, 3.05) is 6.54 Å². The number of nitrogens with one attached hydrogen (secondary N) is 1. The van der Waals surface area contributed by atoms with Gasteiger partial charge in [0.15, 0.2) is 0 Å². The van der Waals surface area contributed by atoms with E-state index in [2.05, 4.69) is 10.3 Å². The molecule has 0 radical (unpaired) electrons. The SMILES string of the molecule is CC(C)CNC(=O)c1cncc(/C=C/C(=O)O)c1. The van der Waals surface area contributed by atoms with Gasteiger partial charge in [-0.2, -0.15) is 0 Å². The fourth-order valence-corrected chi connectivity index (χ4v) is 1.24. The van der Waals surface area contributed by atoms with Gasteiger partial charge in [0.1, 0.15) is 0 Å². The molecule has 0 saturated carbocycles. The van der Waals surface area contributed by atoms with E-state index in [1.165, 1.54) is 18.5 Å². The van der Waals surface area contributed by atoms with E-state index in [1.54, 1.807) is 6.07 Å². The topological polar surface area (TPSA) is 79.3 Å². The third-order valence-corrected chi connectivity index (χ3v) is 2.11. The maximum absolute atomic E-state index is 11.7. The van der Waals surface area contributed by atoms with Crippen LogP contribution in [0.3, 0.4) is 0 Å². The van der Waals surface area contributed by atoms with Gasteiger partial charge in [-0.3, -0.25) is 9.78 Å². The fourth-order valence-electron chi connectivity index (χ4n) is 1.24. The maximum Gasteiger partial charge on any atom is 0.328 e. The predicted octanol–water partition coefficient (Wildman–Crippen LogP) is 1.57. The fraction of sp³-hybridized carbons (Fsp3) is 0.308. The highest BCUT2D eigenvalue weighted by Gasteiger charge is 2.06. The maximum atomic E-state index is 11.7. The molecule has 2 N–H and O–H groups in total. The monoisotopic (exact) mass is 248 g/mol. The van der Waals surface area contributed by atoms with Gasteiger partial charge in [-0.1, -0.05) is 13.8 Å². The summed E-state index contributed by atoms with van der Waals surface area (Å²) in [6.45, 7) is 4.60. The molecule has 0 saturated heterocycles. The van der Waals surface area contributed by atoms with E-state index in [1.807, 2.05) is 13.8 Å². The molecule has 5 heteroatoms. The van der Waals surface area contributed by atoms with Crippen LogP contribution in [0.2, 0.25) is 0 Å². The number of rotatable bonds is 5. The van der Waals surface area contributed by atoms with Crippen molar-refractivity contribution in [1.82, 2.24) is 10.3 Å². The summed E-state index contributed by atoms with van der Waals surface area (Å²) in [5.74, 6) is -0.872. The molecule has 5 nitrogen and oxygen atoms in total. The molecule has 1 rings (SSSR count). The molecule has 0 aliphatic heterocycles. The lowest BCUT2D eigenvalue weighted by Gasteiger charge is -2.07. The Balaban J connectivity index is 2.75. The zero-order chi connectivity index (χ0) is 13.5. The first-order valence-corrected chi connectivity index (χ1v) is 5.63. The molecule has 0 atom stereocenters. The summed E-state index contributed by atoms with van der Waals surface area (Å²) >= 11 is 0. The van der Waals surface area contributed by atoms with E-state index >= 15 is 0 Å². The summed E-state index contributed by atoms with van der Waals surface area (Å²) < 4.78 is 0. The number of carboxylic acids is 1. The van der Waals surface area contributed by atoms with Crippen LogP contribution in [-0.4, -0.2) is 28.5 Å². The van der Waals surface area contributed by atoms with Crippen molar-refractivity contribution < 1.29 is 14.7 Å². The molecule has 0 fully saturated rings. The van der Waals surface area contributed by atoms with E-state index in [0.717, 1.165) is 6.08 Å². The summed E-state index contributed by atoms with van der Waals surface area (Å²) in [7, 11) is 0. The molecule has 0 spiro atoms. The minimum Gasteiger partial charge on any atom is -0.478 e. The van der Waals surface area contributed by atoms with E-state index < -0.39 is 5.97 Å². The smallest absolute Gasteiger partial charge is 0.328 e. The van der Waals surface area contributed by atoms with Gasteiger partial charge in [0.25, 0.3) is 5.91 Å². The zero-order valence-electron chi connectivity index (χ0n) is 10.4. The molecule has 96 valence electrons. The van der Waals surface area contributed by atoms with Crippen LogP contribution in [0.15, 0.2) is 24.5 Å². The summed E-state index contributed by atoms with van der Waals surface area (Å²) in [6.07, 6.45) is 5.35. The Hall–Kier alpha value is -2.17. The van der Waals surface area contributed by atoms with E-state index in [0.29, 0.717) is 23.6 Å². The number of nitrogens with zero attached hydrogens (tertiary/aromatic N) is 1. The summed E-state index contributed by atoms with van der Waals surface area (Å²) in [5, 5.41) is 11.3. The van der Waals surface area contributed by atoms with Gasteiger partial charge < -0.3 is 10.4 Å². The molecule has 1 amide bonds. The third-order valence-electron chi connectivity index (χ3n) is 2.11. The van der Waals surface area contributed by atoms with Crippen LogP contribution in [0.1, 0.15) is 29.8 Å². The van der Waals surface area contributed by atoms with Gasteiger partial charge in [0.2, 0.25) is 0 Å². The average Bonchev–Trinajstić information content (AvgIpc) is 2.33. The van der Waals surface area contributed by atoms with Crippen LogP contribution in [0, 0.1) is 5.92 Å². The lowest BCUT2D eigenvalue weighted by atomic mass is 10.1. The molecule has 1 heterocycles. The van der Waals surface area contributed by atoms with Crippen LogP contribution in [0.25, 0.3) is 6.08 Å². The summed E-state index contributed by atoms with van der Waals surface area (Å²) in [5.41, 5.74) is 0.998. The Morgan fingerprint density at radius 3 is 2.78 bits per heavy atom. The first-order chi connectivity index (χ1) is 8.49. The Kier molecular flexibility index (Phi) is 5.05. The molecule has 0 bridgehead atoms. The minimum absolute atomic E-state index is 0.207. The lowest BCUT2D eigenvalue weighted by Crippen LogP contribution is -2.27. The van der Waals surface area contributed by atoms with Gasteiger partial charge in [-0.25, -0.2) is 4.79 Å². The van der Waals surface area contributed by atoms with Crippen molar-refractivity contribution in [2.24, 2.45) is 5.92 Å². The lowest BCUT2D eigenvalue weighted by molar-refractivity contribution is -0.131. The van der Waals surface area contributed by atoms with Gasteiger partial charge in [-0.15, -0.1) is 0 Å². The standard InChI is InChI=1S/C13H16N2O3/c1-9(2)6-15-13(18)11-5-10(7-14-8-11)3-4-12(16)17/h3-5,7-9H,6H2,1-2H3,(H,15,18)(H,16,17)/b4-3+. The molecular formula is C13H16N2O3. The molecular weight excluding hydrogens is 232 g/mol. The van der Waals surface area contributed by atoms with Crippen LogP contribution in [0.4, 0.5) is 0 Å². The second kappa shape index (κ2) is 6.54. The highest BCUT2D eigenvalue weighted by Crippen LogP contribution is 2.05. The molecule has 18 heavy (non-hydrogen) atoms. The second-order valence-corrected chi connectivity index (χ2v) is 4.28. The van der Waals surface area contributed by atoms with E-state index in [9.17, 15) is 9.59 Å². The normalized spacial score (nSPS) is 10.8. The highest BCUT2D eigenvalue weighted by molar-refractivity contribution is 5.94. The van der Waals surface area contributed by atoms with Crippen molar-refractivity contribution in [1.29, 1.82) is 0 Å². The summed E-state index contributed by atoms with van der Waals surface area (Å²) in [6, 6.07) is 1.60. The van der Waals surface area contributed by atoms with E-state index in [4.69, 9.17) is 5.11 Å². The van der Waals surface area contributed by atoms with Crippen LogP contribution >= 0.6 is 0 Å². The van der Waals surface area contributed by atoms with Gasteiger partial charge >= 0.3 is 5.97 Å². The number of aromatic nitrogens is 1. The number of pyridine rings is 1. The first kappa shape index (κ1) is 13.9. The van der Waals surface area contributed by atoms with Gasteiger partial charge in [0, 0.05) is 25.0 Å². The van der Waals surface area contributed by atoms with Crippen molar-refractivity contribution in [3.63, 3.8) is 0 Å². The largest absolute Gasteiger partial charge is 0.478 e. The van der Waals surface area contributed by atoms with Crippen LogP contribution in [-0.2, 0) is 4.79 Å². The number of hydrogen-bond acceptors (Lipinski definition) is 3. The van der Waals surface area contributed by atoms with Crippen LogP contribution < -0.4 is 5.32 Å². The van der Waals surface area contributed by atoms with Crippen molar-refractivity contribution >= 4 is 18.0 Å². The minimum atomic E-state index is -1.04. The second-order valence-electron chi connectivity index (χ2n) is 4.28. The first-order valence-electron chi connectivity index (χ1n) is 5.63. The predicted molar refractivity (Wildman–Crippen MR) is 68.1 cm³/mol. The van der Waals surface area contributed by atoms with Gasteiger partial charge in [0.05, 0.1) is 5.56 Å². The number of amides is 1. The molecule has 0 aliphatic rings. The third kappa shape index (κ3) is 4.78. The average molecular weight is 248 g/mol. The van der Waals surface area contributed by atoms with Crippen molar-refractivity contribution in [3.05, 3.63) is 35.7 Å². The van der Waals surface area contributed by atoms with Crippen molar-refractivity contribution in [3.8, 4) is 0 Å². The summed E-state index contributed by atoms with van der Waals surface area (Å²) in [4.78, 5) is 26.0. The van der Waals surface area contributed by atoms with Crippen LogP contribution in [0.5, 0.6) is 0 Å².